The third-order valence-corrected chi connectivity index (χ3v) is 12.1. The lowest BCUT2D eigenvalue weighted by Crippen LogP contribution is -2.48. The smallest absolute Gasteiger partial charge is 0.328 e. The highest BCUT2D eigenvalue weighted by molar-refractivity contribution is 7.44. The number of hydrogen-bond acceptors (Lipinski definition) is 11. The van der Waals surface area contributed by atoms with Crippen molar-refractivity contribution < 1.29 is 28.1 Å². The van der Waals surface area contributed by atoms with E-state index in [9.17, 15) is 19.6 Å². The molecule has 1 unspecified atom stereocenters. The van der Waals surface area contributed by atoms with Gasteiger partial charge in [0.05, 0.1) is 46.0 Å². The highest BCUT2D eigenvalue weighted by atomic mass is 31.2. The number of benzene rings is 4. The number of hydrogen-bond donors (Lipinski definition) is 3. The minimum atomic E-state index is -1.86. The second-order valence-electron chi connectivity index (χ2n) is 14.9. The molecule has 0 aliphatic heterocycles. The van der Waals surface area contributed by atoms with Gasteiger partial charge < -0.3 is 34.3 Å². The summed E-state index contributed by atoms with van der Waals surface area (Å²) in [6.45, 7) is 9.24. The van der Waals surface area contributed by atoms with Crippen molar-refractivity contribution in [3.63, 3.8) is 0 Å². The first-order chi connectivity index (χ1) is 29.3. The predicted molar refractivity (Wildman–Crippen MR) is 236 cm³/mol. The van der Waals surface area contributed by atoms with Crippen molar-refractivity contribution in [3.05, 3.63) is 158 Å². The summed E-state index contributed by atoms with van der Waals surface area (Å²) in [4.78, 5) is 41.7. The third-order valence-electron chi connectivity index (χ3n) is 10.00. The van der Waals surface area contributed by atoms with E-state index >= 15 is 0 Å². The lowest BCUT2D eigenvalue weighted by molar-refractivity contribution is -0.124. The van der Waals surface area contributed by atoms with Gasteiger partial charge >= 0.3 is 5.69 Å². The maximum Gasteiger partial charge on any atom is 0.328 e. The summed E-state index contributed by atoms with van der Waals surface area (Å²) in [7, 11) is 1.34. The zero-order chi connectivity index (χ0) is 44.1. The molecule has 0 radical (unpaired) electrons. The van der Waals surface area contributed by atoms with E-state index in [0.717, 1.165) is 21.3 Å². The number of amides is 1. The molecule has 4 N–H and O–H groups in total. The summed E-state index contributed by atoms with van der Waals surface area (Å²) in [5.41, 5.74) is 7.42. The molecular weight excluding hydrogens is 796 g/mol. The second-order valence-corrected chi connectivity index (χ2v) is 16.3. The molecule has 0 aliphatic carbocycles. The number of anilines is 1. The number of methoxy groups -OCH3 is 2. The second kappa shape index (κ2) is 21.6. The number of aromatic amines is 1. The molecular formula is C46H55N6O8P. The Labute approximate surface area is 358 Å². The number of carbonyl (C=O) groups excluding carboxylic acids is 1. The fourth-order valence-corrected chi connectivity index (χ4v) is 8.85. The minimum Gasteiger partial charge on any atom is -0.497 e. The number of aromatic nitrogens is 2. The monoisotopic (exact) mass is 850 g/mol. The highest BCUT2D eigenvalue weighted by Crippen LogP contribution is 2.51. The molecule has 0 bridgehead atoms. The molecule has 322 valence electrons. The van der Waals surface area contributed by atoms with E-state index < -0.39 is 50.0 Å². The van der Waals surface area contributed by atoms with Gasteiger partial charge in [0.25, 0.3) is 14.1 Å². The van der Waals surface area contributed by atoms with E-state index in [0.29, 0.717) is 22.7 Å². The van der Waals surface area contributed by atoms with Crippen molar-refractivity contribution in [1.82, 2.24) is 19.5 Å². The van der Waals surface area contributed by atoms with Gasteiger partial charge in [0.15, 0.2) is 0 Å². The number of H-pyrrole nitrogens is 1. The largest absolute Gasteiger partial charge is 0.497 e. The van der Waals surface area contributed by atoms with E-state index in [-0.39, 0.29) is 37.3 Å². The van der Waals surface area contributed by atoms with Crippen LogP contribution >= 0.6 is 8.53 Å². The summed E-state index contributed by atoms with van der Waals surface area (Å²) in [5, 5.41) is 12.6. The topological polar surface area (TPSA) is 183 Å². The van der Waals surface area contributed by atoms with Crippen molar-refractivity contribution in [2.24, 2.45) is 0 Å². The van der Waals surface area contributed by atoms with Crippen LogP contribution < -0.4 is 31.8 Å². The molecule has 0 fully saturated rings. The molecule has 5 aromatic rings. The van der Waals surface area contributed by atoms with Crippen molar-refractivity contribution in [2.75, 3.05) is 33.2 Å². The Morgan fingerprint density at radius 1 is 0.869 bits per heavy atom. The number of nitrogen functional groups attached to an aromatic ring is 1. The van der Waals surface area contributed by atoms with Gasteiger partial charge in [-0.2, -0.15) is 5.26 Å². The molecule has 5 rings (SSSR count). The number of nitrogens with one attached hydrogen (secondary N) is 2. The number of carbonyl (C=O) groups is 1. The predicted octanol–water partition coefficient (Wildman–Crippen LogP) is 6.97. The van der Waals surface area contributed by atoms with Gasteiger partial charge in [0.1, 0.15) is 29.7 Å². The molecule has 15 heteroatoms. The van der Waals surface area contributed by atoms with Crippen LogP contribution in [0.2, 0.25) is 0 Å². The summed E-state index contributed by atoms with van der Waals surface area (Å²) >= 11 is 0. The van der Waals surface area contributed by atoms with E-state index in [1.807, 2.05) is 119 Å². The van der Waals surface area contributed by atoms with Crippen LogP contribution in [0.25, 0.3) is 0 Å². The number of nitriles is 1. The Kier molecular flexibility index (Phi) is 16.4. The molecule has 0 saturated heterocycles. The Bertz CT molecular complexity index is 2270. The highest BCUT2D eigenvalue weighted by Gasteiger charge is 2.41. The van der Waals surface area contributed by atoms with Crippen LogP contribution in [0.15, 0.2) is 119 Å². The first-order valence-electron chi connectivity index (χ1n) is 20.0. The normalized spacial score (nSPS) is 13.1. The number of aryl methyl sites for hydroxylation is 1. The first-order valence-corrected chi connectivity index (χ1v) is 21.1. The Morgan fingerprint density at radius 2 is 1.43 bits per heavy atom. The van der Waals surface area contributed by atoms with Crippen molar-refractivity contribution >= 4 is 20.1 Å². The minimum absolute atomic E-state index is 0.0317. The van der Waals surface area contributed by atoms with Crippen LogP contribution in [-0.2, 0) is 30.7 Å². The number of nitrogens with two attached hydrogens (primary N) is 1. The Hall–Kier alpha value is -5.81. The molecule has 4 aromatic carbocycles. The summed E-state index contributed by atoms with van der Waals surface area (Å²) in [6.07, 6.45) is 0.546. The summed E-state index contributed by atoms with van der Waals surface area (Å²) < 4.78 is 35.2. The van der Waals surface area contributed by atoms with Crippen LogP contribution in [0.4, 0.5) is 5.69 Å². The van der Waals surface area contributed by atoms with Gasteiger partial charge in [-0.3, -0.25) is 19.1 Å². The molecule has 1 aromatic heterocycles. The molecule has 1 heterocycles. The van der Waals surface area contributed by atoms with Gasteiger partial charge in [-0.05, 0) is 93.3 Å². The summed E-state index contributed by atoms with van der Waals surface area (Å²) in [6, 6.07) is 33.2. The lowest BCUT2D eigenvalue weighted by Gasteiger charge is -2.41. The van der Waals surface area contributed by atoms with Crippen LogP contribution in [-0.4, -0.2) is 65.7 Å². The third kappa shape index (κ3) is 11.5. The van der Waals surface area contributed by atoms with Gasteiger partial charge in [0.2, 0.25) is 5.91 Å². The average molecular weight is 851 g/mol. The SMILES string of the molecule is COc1ccc(C(OC[C@@H](NC(=O)Cn2cc(C)c(=O)[nH]c2=O)[C@H](OP(OCCC#N)N(C(C)C)C(C)C)c2ccc(N)cc2)(c2ccccc2)c2ccc(OC)cc2)cc1. The van der Waals surface area contributed by atoms with Gasteiger partial charge in [-0.15, -0.1) is 0 Å². The quantitative estimate of drug-likeness (QED) is 0.0300. The van der Waals surface area contributed by atoms with Crippen LogP contribution in [0, 0.1) is 18.3 Å². The lowest BCUT2D eigenvalue weighted by atomic mass is 9.80. The van der Waals surface area contributed by atoms with Gasteiger partial charge in [-0.1, -0.05) is 66.7 Å². The van der Waals surface area contributed by atoms with Crippen LogP contribution in [0.5, 0.6) is 11.5 Å². The zero-order valence-electron chi connectivity index (χ0n) is 35.7. The Morgan fingerprint density at radius 3 is 1.95 bits per heavy atom. The van der Waals surface area contributed by atoms with Crippen molar-refractivity contribution in [2.45, 2.75) is 77.4 Å². The van der Waals surface area contributed by atoms with Crippen molar-refractivity contribution in [1.29, 1.82) is 5.26 Å². The number of ether oxygens (including phenoxy) is 3. The molecule has 61 heavy (non-hydrogen) atoms. The van der Waals surface area contributed by atoms with Crippen molar-refractivity contribution in [3.8, 4) is 17.6 Å². The maximum atomic E-state index is 14.3. The van der Waals surface area contributed by atoms with Crippen LogP contribution in [0.3, 0.4) is 0 Å². The summed E-state index contributed by atoms with van der Waals surface area (Å²) in [5.74, 6) is 0.754. The molecule has 0 saturated carbocycles. The molecule has 0 aliphatic rings. The standard InChI is InChI=1S/C46H55N6O8P/c1-31(2)52(32(3)4)61(59-27-11-26-47)60-43(34-14-20-38(48)21-15-34)41(49-42(53)29-51-28-33(5)44(54)50-45(51)55)30-58-46(35-12-9-8-10-13-35,36-16-22-39(56-6)23-17-36)37-18-24-40(57-7)25-19-37/h8-10,12-25,28,31-32,41,43H,11,27,29-30,48H2,1-7H3,(H,49,53)(H,50,54,55)/t41-,43-,61?/m1/s1. The van der Waals surface area contributed by atoms with Gasteiger partial charge in [0, 0.05) is 29.5 Å². The number of nitrogens with zero attached hydrogens (tertiary/aromatic N) is 3. The van der Waals surface area contributed by atoms with E-state index in [2.05, 4.69) is 21.0 Å². The van der Waals surface area contributed by atoms with E-state index in [1.54, 1.807) is 33.3 Å². The van der Waals surface area contributed by atoms with Gasteiger partial charge in [-0.25, -0.2) is 9.46 Å². The van der Waals surface area contributed by atoms with Crippen LogP contribution in [0.1, 0.15) is 68.0 Å². The fraction of sp³-hybridized carbons (Fsp3) is 0.348. The molecule has 3 atom stereocenters. The molecule has 1 amide bonds. The Balaban J connectivity index is 1.71. The zero-order valence-corrected chi connectivity index (χ0v) is 36.6. The van der Waals surface area contributed by atoms with E-state index in [4.69, 9.17) is 29.0 Å². The fourth-order valence-electron chi connectivity index (χ4n) is 7.08. The van der Waals surface area contributed by atoms with E-state index in [1.165, 1.54) is 6.20 Å². The average Bonchev–Trinajstić information content (AvgIpc) is 3.25. The number of rotatable bonds is 21. The first kappa shape index (κ1) is 46.3. The molecule has 0 spiro atoms. The maximum absolute atomic E-state index is 14.3. The molecule has 14 nitrogen and oxygen atoms in total.